The lowest BCUT2D eigenvalue weighted by atomic mass is 9.65. The highest BCUT2D eigenvalue weighted by atomic mass is 19.1. The third kappa shape index (κ3) is 6.44. The Balaban J connectivity index is 1.08. The van der Waals surface area contributed by atoms with E-state index in [1.165, 1.54) is 51.4 Å². The van der Waals surface area contributed by atoms with E-state index in [-0.39, 0.29) is 41.9 Å². The summed E-state index contributed by atoms with van der Waals surface area (Å²) in [5.74, 6) is 0.311. The van der Waals surface area contributed by atoms with Gasteiger partial charge in [-0.2, -0.15) is 0 Å². The number of Topliss-reactive ketones (excluding diaryl/α,β-unsaturated/α-hetero) is 1. The van der Waals surface area contributed by atoms with Gasteiger partial charge in [0, 0.05) is 36.8 Å². The smallest absolute Gasteiger partial charge is 0.256 e. The van der Waals surface area contributed by atoms with E-state index < -0.39 is 24.2 Å². The van der Waals surface area contributed by atoms with Gasteiger partial charge in [-0.05, 0) is 110 Å². The number of carbonyl (C=O) groups is 2. The molecule has 7 rings (SSSR count). The fourth-order valence-corrected chi connectivity index (χ4v) is 10.9. The maximum absolute atomic E-state index is 16.3. The largest absolute Gasteiger partial charge is 0.369 e. The van der Waals surface area contributed by atoms with Gasteiger partial charge in [0.05, 0.1) is 35.9 Å². The van der Waals surface area contributed by atoms with Crippen LogP contribution in [0.3, 0.4) is 0 Å². The Morgan fingerprint density at radius 3 is 2.48 bits per heavy atom. The maximum atomic E-state index is 16.3. The van der Waals surface area contributed by atoms with E-state index in [1.807, 2.05) is 6.20 Å². The summed E-state index contributed by atoms with van der Waals surface area (Å²) in [6.45, 7) is 8.09. The van der Waals surface area contributed by atoms with Crippen molar-refractivity contribution in [2.45, 2.75) is 158 Å². The molecule has 0 spiro atoms. The van der Waals surface area contributed by atoms with Gasteiger partial charge in [-0.25, -0.2) is 4.39 Å². The zero-order valence-electron chi connectivity index (χ0n) is 28.7. The first-order valence-electron chi connectivity index (χ1n) is 19.1. The molecule has 46 heavy (non-hydrogen) atoms. The molecular formula is C37H60FN5O3. The minimum Gasteiger partial charge on any atom is -0.369 e. The number of halogens is 1. The van der Waals surface area contributed by atoms with Crippen molar-refractivity contribution >= 4 is 11.7 Å². The molecule has 12 atom stereocenters. The molecule has 1 amide bonds. The molecule has 0 radical (unpaired) electrons. The van der Waals surface area contributed by atoms with Crippen molar-refractivity contribution in [1.29, 1.82) is 0 Å². The lowest BCUT2D eigenvalue weighted by Gasteiger charge is -2.61. The average Bonchev–Trinajstić information content (AvgIpc) is 3.45. The van der Waals surface area contributed by atoms with Gasteiger partial charge in [0.1, 0.15) is 6.17 Å². The lowest BCUT2D eigenvalue weighted by molar-refractivity contribution is -0.208. The van der Waals surface area contributed by atoms with Gasteiger partial charge in [0.25, 0.3) is 5.91 Å². The first-order valence-corrected chi connectivity index (χ1v) is 19.1. The second kappa shape index (κ2) is 14.1. The zero-order chi connectivity index (χ0) is 31.9. The van der Waals surface area contributed by atoms with Crippen LogP contribution in [0.2, 0.25) is 0 Å². The van der Waals surface area contributed by atoms with Gasteiger partial charge in [-0.3, -0.25) is 14.5 Å². The molecule has 0 aromatic carbocycles. The molecule has 7 aliphatic rings. The number of ether oxygens (including phenoxy) is 1. The molecule has 9 heteroatoms. The zero-order valence-corrected chi connectivity index (χ0v) is 28.7. The molecule has 12 unspecified atom stereocenters. The number of nitrogens with zero attached hydrogens (tertiary/aromatic N) is 3. The minimum absolute atomic E-state index is 0.0116. The number of likely N-dealkylation sites (tertiary alicyclic amines) is 2. The first kappa shape index (κ1) is 33.0. The monoisotopic (exact) mass is 641 g/mol. The SMILES string of the molecule is CC1CCCC(C)N1CCCNC1C(F)CC2C(=O)C(C(=O)NCCC3CCCN3C)=CN3C4CC5CCCCC5CC4OC1C23. The van der Waals surface area contributed by atoms with E-state index in [0.717, 1.165) is 51.7 Å². The van der Waals surface area contributed by atoms with Crippen molar-refractivity contribution in [2.75, 3.05) is 33.2 Å². The molecule has 6 fully saturated rings. The van der Waals surface area contributed by atoms with Crippen molar-refractivity contribution in [3.05, 3.63) is 11.8 Å². The molecule has 3 saturated heterocycles. The molecule has 0 aromatic heterocycles. The number of nitrogens with one attached hydrogen (secondary N) is 2. The quantitative estimate of drug-likeness (QED) is 0.285. The van der Waals surface area contributed by atoms with Crippen LogP contribution in [0.15, 0.2) is 11.8 Å². The number of piperidine rings is 1. The van der Waals surface area contributed by atoms with Crippen molar-refractivity contribution in [3.63, 3.8) is 0 Å². The Bertz CT molecular complexity index is 1130. The van der Waals surface area contributed by atoms with Crippen molar-refractivity contribution in [1.82, 2.24) is 25.3 Å². The predicted molar refractivity (Wildman–Crippen MR) is 178 cm³/mol. The third-order valence-corrected chi connectivity index (χ3v) is 13.5. The molecule has 4 aliphatic heterocycles. The number of amides is 1. The molecular weight excluding hydrogens is 581 g/mol. The van der Waals surface area contributed by atoms with Crippen LogP contribution >= 0.6 is 0 Å². The average molecular weight is 642 g/mol. The minimum atomic E-state index is -1.19. The third-order valence-electron chi connectivity index (χ3n) is 13.5. The molecule has 3 aliphatic carbocycles. The van der Waals surface area contributed by atoms with Gasteiger partial charge < -0.3 is 25.2 Å². The first-order chi connectivity index (χ1) is 22.3. The van der Waals surface area contributed by atoms with Crippen LogP contribution in [0.4, 0.5) is 4.39 Å². The van der Waals surface area contributed by atoms with Crippen molar-refractivity contribution < 1.29 is 18.7 Å². The summed E-state index contributed by atoms with van der Waals surface area (Å²) in [5, 5.41) is 6.70. The molecule has 2 N–H and O–H groups in total. The second-order valence-corrected chi connectivity index (χ2v) is 16.2. The van der Waals surface area contributed by atoms with Gasteiger partial charge in [-0.15, -0.1) is 0 Å². The number of alkyl halides is 1. The van der Waals surface area contributed by atoms with Crippen LogP contribution in [0.1, 0.15) is 104 Å². The van der Waals surface area contributed by atoms with Crippen LogP contribution < -0.4 is 10.6 Å². The Morgan fingerprint density at radius 2 is 1.74 bits per heavy atom. The van der Waals surface area contributed by atoms with Gasteiger partial charge in [0.15, 0.2) is 5.78 Å². The topological polar surface area (TPSA) is 77.2 Å². The van der Waals surface area contributed by atoms with Crippen molar-refractivity contribution in [2.24, 2.45) is 17.8 Å². The van der Waals surface area contributed by atoms with Gasteiger partial charge >= 0.3 is 0 Å². The standard InChI is InChI=1S/C37H60FN5O3/c1-23-9-6-10-24(2)42(23)18-8-15-39-33-30(38)21-28-34-36(33)46-32-20-26-12-5-4-11-25(26)19-31(32)43(34)22-29(35(28)44)37(45)40-16-14-27-13-7-17-41(27)3/h22-28,30-34,36,39H,4-21H2,1-3H3,(H,40,45). The summed E-state index contributed by atoms with van der Waals surface area (Å²) in [4.78, 5) is 35.0. The fourth-order valence-electron chi connectivity index (χ4n) is 10.9. The molecule has 0 bridgehead atoms. The number of carbonyl (C=O) groups excluding carboxylic acids is 2. The summed E-state index contributed by atoms with van der Waals surface area (Å²) < 4.78 is 23.2. The maximum Gasteiger partial charge on any atom is 0.256 e. The molecule has 258 valence electrons. The van der Waals surface area contributed by atoms with E-state index in [0.29, 0.717) is 36.5 Å². The van der Waals surface area contributed by atoms with E-state index >= 15 is 4.39 Å². The van der Waals surface area contributed by atoms with Crippen LogP contribution in [-0.2, 0) is 14.3 Å². The highest BCUT2D eigenvalue weighted by Gasteiger charge is 2.59. The number of ketones is 1. The summed E-state index contributed by atoms with van der Waals surface area (Å²) >= 11 is 0. The van der Waals surface area contributed by atoms with Crippen LogP contribution in [0.5, 0.6) is 0 Å². The molecule has 4 heterocycles. The van der Waals surface area contributed by atoms with Crippen LogP contribution in [0, 0.1) is 17.8 Å². The fraction of sp³-hybridized carbons (Fsp3) is 0.892. The second-order valence-electron chi connectivity index (χ2n) is 16.2. The lowest BCUT2D eigenvalue weighted by Crippen LogP contribution is -2.73. The van der Waals surface area contributed by atoms with Crippen molar-refractivity contribution in [3.8, 4) is 0 Å². The number of fused-ring (bicyclic) bond motifs is 3. The summed E-state index contributed by atoms with van der Waals surface area (Å²) in [5.41, 5.74) is 0.231. The highest BCUT2D eigenvalue weighted by Crippen LogP contribution is 2.50. The number of rotatable bonds is 9. The van der Waals surface area contributed by atoms with E-state index in [4.69, 9.17) is 4.74 Å². The summed E-state index contributed by atoms with van der Waals surface area (Å²) in [6, 6.07) is 1.17. The summed E-state index contributed by atoms with van der Waals surface area (Å²) in [6.07, 6.45) is 15.6. The van der Waals surface area contributed by atoms with E-state index in [2.05, 4.69) is 46.2 Å². The van der Waals surface area contributed by atoms with E-state index in [1.54, 1.807) is 0 Å². The van der Waals surface area contributed by atoms with Crippen LogP contribution in [0.25, 0.3) is 0 Å². The summed E-state index contributed by atoms with van der Waals surface area (Å²) in [7, 11) is 2.15. The van der Waals surface area contributed by atoms with Crippen LogP contribution in [-0.4, -0.2) is 114 Å². The Morgan fingerprint density at radius 1 is 0.978 bits per heavy atom. The number of hydrogen-bond donors (Lipinski definition) is 2. The number of morpholine rings is 1. The Kier molecular flexibility index (Phi) is 10.1. The Labute approximate surface area is 276 Å². The molecule has 0 aromatic rings. The van der Waals surface area contributed by atoms with Gasteiger partial charge in [0.2, 0.25) is 0 Å². The highest BCUT2D eigenvalue weighted by molar-refractivity contribution is 6.20. The molecule has 8 nitrogen and oxygen atoms in total. The van der Waals surface area contributed by atoms with E-state index in [9.17, 15) is 9.59 Å². The Hall–Kier alpha value is -1.55. The number of hydrogen-bond acceptors (Lipinski definition) is 7. The molecule has 3 saturated carbocycles. The normalized spacial score (nSPS) is 43.0. The predicted octanol–water partition coefficient (Wildman–Crippen LogP) is 4.43. The van der Waals surface area contributed by atoms with Gasteiger partial charge in [-0.1, -0.05) is 32.1 Å².